The molecule has 0 atom stereocenters. The molecule has 6 nitrogen and oxygen atoms in total. The van der Waals surface area contributed by atoms with Crippen molar-refractivity contribution in [3.8, 4) is 6.07 Å². The molecule has 0 spiro atoms. The van der Waals surface area contributed by atoms with E-state index in [0.717, 1.165) is 12.8 Å². The Morgan fingerprint density at radius 3 is 2.81 bits per heavy atom. The van der Waals surface area contributed by atoms with E-state index in [1.807, 2.05) is 6.07 Å². The molecule has 1 aliphatic rings. The van der Waals surface area contributed by atoms with Crippen LogP contribution in [-0.2, 0) is 0 Å². The summed E-state index contributed by atoms with van der Waals surface area (Å²) in [6, 6.07) is 9.23. The van der Waals surface area contributed by atoms with Crippen molar-refractivity contribution in [2.24, 2.45) is 0 Å². The summed E-state index contributed by atoms with van der Waals surface area (Å²) in [4.78, 5) is 20.3. The topological polar surface area (TPSA) is 90.7 Å². The minimum absolute atomic E-state index is 0.235. The Morgan fingerprint density at radius 1 is 1.29 bits per heavy atom. The maximum atomic E-state index is 12.0. The van der Waals surface area contributed by atoms with Gasteiger partial charge in [0.2, 0.25) is 0 Å². The lowest BCUT2D eigenvalue weighted by molar-refractivity contribution is 0.102. The molecule has 21 heavy (non-hydrogen) atoms. The molecule has 1 aliphatic carbocycles. The van der Waals surface area contributed by atoms with Crippen molar-refractivity contribution in [1.29, 1.82) is 5.26 Å². The van der Waals surface area contributed by atoms with E-state index in [2.05, 4.69) is 20.6 Å². The van der Waals surface area contributed by atoms with Gasteiger partial charge >= 0.3 is 0 Å². The zero-order valence-corrected chi connectivity index (χ0v) is 11.2. The summed E-state index contributed by atoms with van der Waals surface area (Å²) < 4.78 is 0. The molecule has 104 valence electrons. The van der Waals surface area contributed by atoms with Crippen LogP contribution in [0.5, 0.6) is 0 Å². The standard InChI is InChI=1S/C15H13N5O/c16-7-10-2-1-3-12(6-10)20-15(21)13-8-18-14(9-17-13)19-11-4-5-11/h1-3,6,8-9,11H,4-5H2,(H,18,19)(H,20,21). The Morgan fingerprint density at radius 2 is 2.14 bits per heavy atom. The average Bonchev–Trinajstić information content (AvgIpc) is 3.32. The molecule has 1 amide bonds. The maximum absolute atomic E-state index is 12.0. The Balaban J connectivity index is 1.68. The van der Waals surface area contributed by atoms with Crippen LogP contribution in [0.15, 0.2) is 36.7 Å². The molecule has 1 aromatic heterocycles. The first kappa shape index (κ1) is 13.1. The van der Waals surface area contributed by atoms with Crippen molar-refractivity contribution in [2.45, 2.75) is 18.9 Å². The minimum atomic E-state index is -0.351. The first-order chi connectivity index (χ1) is 10.2. The van der Waals surface area contributed by atoms with Gasteiger partial charge in [0.1, 0.15) is 11.5 Å². The van der Waals surface area contributed by atoms with Crippen molar-refractivity contribution < 1.29 is 4.79 Å². The molecule has 0 radical (unpaired) electrons. The first-order valence-electron chi connectivity index (χ1n) is 6.65. The molecule has 0 unspecified atom stereocenters. The third kappa shape index (κ3) is 3.34. The van der Waals surface area contributed by atoms with Crippen molar-refractivity contribution in [1.82, 2.24) is 9.97 Å². The lowest BCUT2D eigenvalue weighted by atomic mass is 10.2. The van der Waals surface area contributed by atoms with Gasteiger partial charge in [-0.2, -0.15) is 5.26 Å². The third-order valence-electron chi connectivity index (χ3n) is 3.06. The zero-order chi connectivity index (χ0) is 14.7. The molecule has 1 aromatic carbocycles. The molecule has 0 saturated heterocycles. The molecular formula is C15H13N5O. The fourth-order valence-electron chi connectivity index (χ4n) is 1.82. The van der Waals surface area contributed by atoms with Crippen molar-refractivity contribution in [3.63, 3.8) is 0 Å². The van der Waals surface area contributed by atoms with E-state index in [0.29, 0.717) is 23.1 Å². The Kier molecular flexibility index (Phi) is 3.48. The number of nitrogens with zero attached hydrogens (tertiary/aromatic N) is 3. The van der Waals surface area contributed by atoms with Crippen LogP contribution in [-0.4, -0.2) is 21.9 Å². The SMILES string of the molecule is N#Cc1cccc(NC(=O)c2cnc(NC3CC3)cn2)c1. The van der Waals surface area contributed by atoms with Gasteiger partial charge in [0, 0.05) is 11.7 Å². The summed E-state index contributed by atoms with van der Waals surface area (Å²) in [6.45, 7) is 0. The predicted octanol–water partition coefficient (Wildman–Crippen LogP) is 2.17. The van der Waals surface area contributed by atoms with Gasteiger partial charge in [0.05, 0.1) is 24.0 Å². The quantitative estimate of drug-likeness (QED) is 0.895. The summed E-state index contributed by atoms with van der Waals surface area (Å²) in [5.74, 6) is 0.330. The number of carbonyl (C=O) groups excluding carboxylic acids is 1. The number of nitrogens with one attached hydrogen (secondary N) is 2. The summed E-state index contributed by atoms with van der Waals surface area (Å²) in [7, 11) is 0. The highest BCUT2D eigenvalue weighted by Crippen LogP contribution is 2.23. The minimum Gasteiger partial charge on any atom is -0.366 e. The summed E-state index contributed by atoms with van der Waals surface area (Å²) in [5, 5.41) is 14.7. The van der Waals surface area contributed by atoms with E-state index < -0.39 is 0 Å². The van der Waals surface area contributed by atoms with Crippen molar-refractivity contribution in [3.05, 3.63) is 47.9 Å². The molecule has 2 aromatic rings. The number of amides is 1. The summed E-state index contributed by atoms with van der Waals surface area (Å²) in [6.07, 6.45) is 5.30. The summed E-state index contributed by atoms with van der Waals surface area (Å²) in [5.41, 5.74) is 1.28. The van der Waals surface area contributed by atoms with Crippen LogP contribution in [0.4, 0.5) is 11.5 Å². The van der Waals surface area contributed by atoms with Crippen LogP contribution in [0.1, 0.15) is 28.9 Å². The highest BCUT2D eigenvalue weighted by molar-refractivity contribution is 6.02. The Bertz CT molecular complexity index is 701. The fraction of sp³-hybridized carbons (Fsp3) is 0.200. The van der Waals surface area contributed by atoms with Crippen LogP contribution in [0.2, 0.25) is 0 Å². The Hall–Kier alpha value is -2.94. The van der Waals surface area contributed by atoms with Crippen LogP contribution in [0.25, 0.3) is 0 Å². The van der Waals surface area contributed by atoms with Crippen molar-refractivity contribution in [2.75, 3.05) is 10.6 Å². The lowest BCUT2D eigenvalue weighted by Crippen LogP contribution is -2.14. The third-order valence-corrected chi connectivity index (χ3v) is 3.06. The number of nitriles is 1. The zero-order valence-electron chi connectivity index (χ0n) is 11.2. The van der Waals surface area contributed by atoms with Gasteiger partial charge in [-0.3, -0.25) is 4.79 Å². The molecular weight excluding hydrogens is 266 g/mol. The van der Waals surface area contributed by atoms with Crippen LogP contribution >= 0.6 is 0 Å². The normalized spacial score (nSPS) is 13.3. The lowest BCUT2D eigenvalue weighted by Gasteiger charge is -2.06. The van der Waals surface area contributed by atoms with E-state index in [-0.39, 0.29) is 11.6 Å². The second-order valence-corrected chi connectivity index (χ2v) is 4.85. The van der Waals surface area contributed by atoms with Gasteiger partial charge in [-0.05, 0) is 31.0 Å². The van der Waals surface area contributed by atoms with E-state index >= 15 is 0 Å². The number of carbonyl (C=O) groups is 1. The van der Waals surface area contributed by atoms with Gasteiger partial charge < -0.3 is 10.6 Å². The highest BCUT2D eigenvalue weighted by atomic mass is 16.1. The molecule has 0 bridgehead atoms. The predicted molar refractivity (Wildman–Crippen MR) is 77.8 cm³/mol. The van der Waals surface area contributed by atoms with Crippen molar-refractivity contribution >= 4 is 17.4 Å². The largest absolute Gasteiger partial charge is 0.366 e. The summed E-state index contributed by atoms with van der Waals surface area (Å²) >= 11 is 0. The molecule has 6 heteroatoms. The highest BCUT2D eigenvalue weighted by Gasteiger charge is 2.21. The van der Waals surface area contributed by atoms with Gasteiger partial charge in [-0.15, -0.1) is 0 Å². The fourth-order valence-corrected chi connectivity index (χ4v) is 1.82. The molecule has 1 fully saturated rings. The van der Waals surface area contributed by atoms with E-state index in [9.17, 15) is 4.79 Å². The van der Waals surface area contributed by atoms with Crippen LogP contribution in [0.3, 0.4) is 0 Å². The molecule has 2 N–H and O–H groups in total. The second kappa shape index (κ2) is 5.59. The number of aromatic nitrogens is 2. The van der Waals surface area contributed by atoms with Crippen LogP contribution in [0, 0.1) is 11.3 Å². The van der Waals surface area contributed by atoms with E-state index in [4.69, 9.17) is 5.26 Å². The van der Waals surface area contributed by atoms with Gasteiger partial charge in [-0.1, -0.05) is 6.07 Å². The van der Waals surface area contributed by atoms with E-state index in [1.54, 1.807) is 30.5 Å². The monoisotopic (exact) mass is 279 g/mol. The van der Waals surface area contributed by atoms with Gasteiger partial charge in [0.25, 0.3) is 5.91 Å². The Labute approximate surface area is 121 Å². The number of hydrogen-bond acceptors (Lipinski definition) is 5. The number of anilines is 2. The van der Waals surface area contributed by atoms with Crippen LogP contribution < -0.4 is 10.6 Å². The van der Waals surface area contributed by atoms with E-state index in [1.165, 1.54) is 6.20 Å². The molecule has 0 aliphatic heterocycles. The molecule has 1 saturated carbocycles. The first-order valence-corrected chi connectivity index (χ1v) is 6.65. The molecule has 3 rings (SSSR count). The maximum Gasteiger partial charge on any atom is 0.275 e. The molecule has 1 heterocycles. The second-order valence-electron chi connectivity index (χ2n) is 4.85. The number of hydrogen-bond donors (Lipinski definition) is 2. The average molecular weight is 279 g/mol. The van der Waals surface area contributed by atoms with Gasteiger partial charge in [-0.25, -0.2) is 9.97 Å². The van der Waals surface area contributed by atoms with Gasteiger partial charge in [0.15, 0.2) is 0 Å². The number of benzene rings is 1. The smallest absolute Gasteiger partial charge is 0.275 e. The number of rotatable bonds is 4.